The van der Waals surface area contributed by atoms with Crippen LogP contribution in [0.2, 0.25) is 0 Å². The molecule has 0 radical (unpaired) electrons. The average Bonchev–Trinajstić information content (AvgIpc) is 3.08. The molecule has 3 nitrogen and oxygen atoms in total. The predicted molar refractivity (Wildman–Crippen MR) is 92.1 cm³/mol. The molecule has 0 bridgehead atoms. The minimum absolute atomic E-state index is 0.371. The van der Waals surface area contributed by atoms with Gasteiger partial charge in [0.05, 0.1) is 5.69 Å². The first kappa shape index (κ1) is 16.1. The normalized spacial score (nSPS) is 10.9. The lowest BCUT2D eigenvalue weighted by atomic mass is 10.1. The van der Waals surface area contributed by atoms with E-state index in [9.17, 15) is 13.2 Å². The molecule has 0 aliphatic rings. The molecular weight excluding hydrogens is 339 g/mol. The Labute approximate surface area is 147 Å². The van der Waals surface area contributed by atoms with E-state index in [1.807, 2.05) is 0 Å². The maximum atomic E-state index is 13.8. The van der Waals surface area contributed by atoms with Gasteiger partial charge in [0.1, 0.15) is 17.5 Å². The molecule has 0 N–H and O–H groups in total. The molecule has 0 fully saturated rings. The zero-order valence-electron chi connectivity index (χ0n) is 13.4. The first-order valence-electron chi connectivity index (χ1n) is 7.85. The summed E-state index contributed by atoms with van der Waals surface area (Å²) >= 11 is 0. The molecule has 6 heteroatoms. The number of rotatable bonds is 3. The summed E-state index contributed by atoms with van der Waals surface area (Å²) in [5, 5.41) is 8.39. The first-order chi connectivity index (χ1) is 12.6. The fraction of sp³-hybridized carbons (Fsp3) is 0. The van der Waals surface area contributed by atoms with E-state index in [4.69, 9.17) is 0 Å². The molecular formula is C20H12F3N3. The van der Waals surface area contributed by atoms with Gasteiger partial charge in [-0.15, -0.1) is 10.2 Å². The van der Waals surface area contributed by atoms with Gasteiger partial charge in [0, 0.05) is 11.1 Å². The van der Waals surface area contributed by atoms with E-state index in [0.717, 1.165) is 0 Å². The summed E-state index contributed by atoms with van der Waals surface area (Å²) in [5.41, 5.74) is 1.75. The van der Waals surface area contributed by atoms with E-state index in [2.05, 4.69) is 10.2 Å². The van der Waals surface area contributed by atoms with Crippen LogP contribution in [0.25, 0.3) is 28.5 Å². The highest BCUT2D eigenvalue weighted by atomic mass is 19.1. The van der Waals surface area contributed by atoms with Gasteiger partial charge in [-0.05, 0) is 66.7 Å². The highest BCUT2D eigenvalue weighted by Crippen LogP contribution is 2.29. The molecule has 0 saturated heterocycles. The lowest BCUT2D eigenvalue weighted by molar-refractivity contribution is 0.626. The topological polar surface area (TPSA) is 30.7 Å². The van der Waals surface area contributed by atoms with Crippen LogP contribution in [0.4, 0.5) is 13.2 Å². The smallest absolute Gasteiger partial charge is 0.168 e. The largest absolute Gasteiger partial charge is 0.275 e. The highest BCUT2D eigenvalue weighted by Gasteiger charge is 2.17. The van der Waals surface area contributed by atoms with Crippen molar-refractivity contribution in [3.8, 4) is 28.5 Å². The summed E-state index contributed by atoms with van der Waals surface area (Å²) in [4.78, 5) is 0. The van der Waals surface area contributed by atoms with Crippen LogP contribution in [0, 0.1) is 17.5 Å². The number of nitrogens with zero attached hydrogens (tertiary/aromatic N) is 3. The minimum atomic E-state index is -0.411. The molecule has 1 aromatic heterocycles. The van der Waals surface area contributed by atoms with E-state index < -0.39 is 5.82 Å². The molecule has 1 heterocycles. The summed E-state index contributed by atoms with van der Waals surface area (Å²) < 4.78 is 42.0. The Kier molecular flexibility index (Phi) is 4.01. The SMILES string of the molecule is Fc1ccc(-c2nnc(-c3ccc(F)cc3)n2-c2cccc(F)c2)cc1. The van der Waals surface area contributed by atoms with E-state index in [-0.39, 0.29) is 11.6 Å². The van der Waals surface area contributed by atoms with E-state index in [0.29, 0.717) is 28.5 Å². The monoisotopic (exact) mass is 351 g/mol. The minimum Gasteiger partial charge on any atom is -0.275 e. The van der Waals surface area contributed by atoms with Gasteiger partial charge in [0.2, 0.25) is 0 Å². The maximum Gasteiger partial charge on any atom is 0.168 e. The fourth-order valence-electron chi connectivity index (χ4n) is 2.72. The number of aromatic nitrogens is 3. The van der Waals surface area contributed by atoms with Crippen LogP contribution < -0.4 is 0 Å². The van der Waals surface area contributed by atoms with Gasteiger partial charge in [-0.2, -0.15) is 0 Å². The Morgan fingerprint density at radius 2 is 1.08 bits per heavy atom. The van der Waals surface area contributed by atoms with Crippen molar-refractivity contribution < 1.29 is 13.2 Å². The quantitative estimate of drug-likeness (QED) is 0.519. The molecule has 128 valence electrons. The zero-order chi connectivity index (χ0) is 18.1. The molecule has 0 aliphatic carbocycles. The molecule has 3 aromatic carbocycles. The molecule has 0 atom stereocenters. The molecule has 4 aromatic rings. The van der Waals surface area contributed by atoms with Crippen LogP contribution in [0.1, 0.15) is 0 Å². The number of halogens is 3. The lowest BCUT2D eigenvalue weighted by Gasteiger charge is -2.11. The van der Waals surface area contributed by atoms with Crippen molar-refractivity contribution >= 4 is 0 Å². The third kappa shape index (κ3) is 2.97. The summed E-state index contributed by atoms with van der Waals surface area (Å²) in [5.74, 6) is -0.301. The molecule has 4 rings (SSSR count). The standard InChI is InChI=1S/C20H12F3N3/c21-15-8-4-13(5-9-15)19-24-25-20(14-6-10-16(22)11-7-14)26(19)18-3-1-2-17(23)12-18/h1-12H. The van der Waals surface area contributed by atoms with E-state index in [1.165, 1.54) is 36.4 Å². The zero-order valence-corrected chi connectivity index (χ0v) is 13.4. The third-order valence-corrected chi connectivity index (χ3v) is 3.93. The van der Waals surface area contributed by atoms with Crippen LogP contribution in [0.3, 0.4) is 0 Å². The molecule has 0 unspecified atom stereocenters. The van der Waals surface area contributed by atoms with Crippen LogP contribution in [0.5, 0.6) is 0 Å². The highest BCUT2D eigenvalue weighted by molar-refractivity contribution is 5.66. The summed E-state index contributed by atoms with van der Waals surface area (Å²) in [7, 11) is 0. The van der Waals surface area contributed by atoms with Gasteiger partial charge in [-0.25, -0.2) is 13.2 Å². The van der Waals surface area contributed by atoms with Gasteiger partial charge in [-0.1, -0.05) is 6.07 Å². The molecule has 0 aliphatic heterocycles. The molecule has 0 spiro atoms. The van der Waals surface area contributed by atoms with Crippen molar-refractivity contribution in [1.29, 1.82) is 0 Å². The van der Waals surface area contributed by atoms with Crippen molar-refractivity contribution in [3.63, 3.8) is 0 Å². The second-order valence-corrected chi connectivity index (χ2v) is 5.68. The first-order valence-corrected chi connectivity index (χ1v) is 7.85. The average molecular weight is 351 g/mol. The lowest BCUT2D eigenvalue weighted by Crippen LogP contribution is -2.01. The molecule has 0 saturated carbocycles. The van der Waals surface area contributed by atoms with Crippen LogP contribution in [-0.2, 0) is 0 Å². The van der Waals surface area contributed by atoms with Gasteiger partial charge in [-0.3, -0.25) is 4.57 Å². The van der Waals surface area contributed by atoms with Crippen molar-refractivity contribution in [3.05, 3.63) is 90.2 Å². The summed E-state index contributed by atoms with van der Waals surface area (Å²) in [6, 6.07) is 17.5. The Morgan fingerprint density at radius 1 is 0.577 bits per heavy atom. The number of benzene rings is 3. The van der Waals surface area contributed by atoms with Gasteiger partial charge in [0.25, 0.3) is 0 Å². The van der Waals surface area contributed by atoms with Crippen molar-refractivity contribution in [1.82, 2.24) is 14.8 Å². The van der Waals surface area contributed by atoms with Crippen molar-refractivity contribution in [2.45, 2.75) is 0 Å². The second-order valence-electron chi connectivity index (χ2n) is 5.68. The van der Waals surface area contributed by atoms with Crippen molar-refractivity contribution in [2.24, 2.45) is 0 Å². The predicted octanol–water partition coefficient (Wildman–Crippen LogP) is 5.02. The number of hydrogen-bond acceptors (Lipinski definition) is 2. The maximum absolute atomic E-state index is 13.8. The van der Waals surface area contributed by atoms with Gasteiger partial charge in [0.15, 0.2) is 11.6 Å². The Hall–Kier alpha value is -3.41. The Bertz CT molecular complexity index is 992. The molecule has 0 amide bonds. The second kappa shape index (κ2) is 6.48. The van der Waals surface area contributed by atoms with Crippen molar-refractivity contribution in [2.75, 3.05) is 0 Å². The van der Waals surface area contributed by atoms with Gasteiger partial charge >= 0.3 is 0 Å². The summed E-state index contributed by atoms with van der Waals surface area (Å²) in [6.07, 6.45) is 0. The van der Waals surface area contributed by atoms with Crippen LogP contribution >= 0.6 is 0 Å². The number of hydrogen-bond donors (Lipinski definition) is 0. The third-order valence-electron chi connectivity index (χ3n) is 3.93. The Morgan fingerprint density at radius 3 is 1.54 bits per heavy atom. The fourth-order valence-corrected chi connectivity index (χ4v) is 2.72. The van der Waals surface area contributed by atoms with Gasteiger partial charge < -0.3 is 0 Å². The van der Waals surface area contributed by atoms with E-state index in [1.54, 1.807) is 41.0 Å². The van der Waals surface area contributed by atoms with Crippen LogP contribution in [0.15, 0.2) is 72.8 Å². The van der Waals surface area contributed by atoms with Crippen LogP contribution in [-0.4, -0.2) is 14.8 Å². The Balaban J connectivity index is 1.95. The van der Waals surface area contributed by atoms with E-state index >= 15 is 0 Å². The molecule has 26 heavy (non-hydrogen) atoms. The summed E-state index contributed by atoms with van der Waals surface area (Å²) in [6.45, 7) is 0.